The van der Waals surface area contributed by atoms with Crippen molar-refractivity contribution in [3.63, 3.8) is 0 Å². The molecule has 0 spiro atoms. The largest absolute Gasteiger partial charge is 0.354 e. The van der Waals surface area contributed by atoms with Crippen molar-refractivity contribution in [3.8, 4) is 5.69 Å². The monoisotopic (exact) mass is 366 g/mol. The first kappa shape index (κ1) is 18.9. The normalized spacial score (nSPS) is 12.3. The summed E-state index contributed by atoms with van der Waals surface area (Å²) in [5, 5.41) is 8.72. The zero-order chi connectivity index (χ0) is 19.6. The molecule has 6 heteroatoms. The third kappa shape index (κ3) is 3.39. The molecule has 0 saturated carbocycles. The number of nitrogens with one attached hydrogen (secondary N) is 1. The number of nitrogens with zero attached hydrogens (tertiary/aromatic N) is 3. The van der Waals surface area contributed by atoms with Gasteiger partial charge in [0.25, 0.3) is 5.56 Å². The predicted molar refractivity (Wildman–Crippen MR) is 107 cm³/mol. The highest BCUT2D eigenvalue weighted by Crippen LogP contribution is 2.26. The van der Waals surface area contributed by atoms with Crippen LogP contribution >= 0.6 is 0 Å². The van der Waals surface area contributed by atoms with Crippen LogP contribution in [0.15, 0.2) is 41.3 Å². The van der Waals surface area contributed by atoms with Crippen LogP contribution in [0.3, 0.4) is 0 Å². The fraction of sp³-hybridized carbons (Fsp3) is 0.381. The molecule has 2 heterocycles. The number of aryl methyl sites for hydroxylation is 2. The number of benzene rings is 1. The number of carbonyl (C=O) groups excluding carboxylic acids is 1. The number of amides is 1. The second-order valence-electron chi connectivity index (χ2n) is 6.85. The molecule has 0 aliphatic rings. The van der Waals surface area contributed by atoms with Gasteiger partial charge in [0.1, 0.15) is 6.04 Å². The van der Waals surface area contributed by atoms with Crippen LogP contribution in [0.5, 0.6) is 0 Å². The number of rotatable bonds is 6. The van der Waals surface area contributed by atoms with Crippen LogP contribution in [0.25, 0.3) is 16.5 Å². The first-order valence-electron chi connectivity index (χ1n) is 9.40. The van der Waals surface area contributed by atoms with Crippen molar-refractivity contribution >= 4 is 16.7 Å². The van der Waals surface area contributed by atoms with Crippen LogP contribution in [0.1, 0.15) is 44.1 Å². The van der Waals surface area contributed by atoms with Crippen LogP contribution in [0.2, 0.25) is 0 Å². The van der Waals surface area contributed by atoms with E-state index in [4.69, 9.17) is 0 Å². The molecule has 0 radical (unpaired) electrons. The van der Waals surface area contributed by atoms with Crippen molar-refractivity contribution in [3.05, 3.63) is 58.3 Å². The van der Waals surface area contributed by atoms with Crippen molar-refractivity contribution in [2.24, 2.45) is 0 Å². The van der Waals surface area contributed by atoms with Gasteiger partial charge in [-0.05, 0) is 39.3 Å². The maximum Gasteiger partial charge on any atom is 0.281 e. The molecule has 0 aliphatic heterocycles. The van der Waals surface area contributed by atoms with Gasteiger partial charge in [0.2, 0.25) is 5.91 Å². The Morgan fingerprint density at radius 3 is 2.56 bits per heavy atom. The lowest BCUT2D eigenvalue weighted by atomic mass is 10.2. The Hall–Kier alpha value is -2.89. The third-order valence-corrected chi connectivity index (χ3v) is 5.05. The molecule has 0 bridgehead atoms. The zero-order valence-corrected chi connectivity index (χ0v) is 16.3. The van der Waals surface area contributed by atoms with E-state index in [-0.39, 0.29) is 17.5 Å². The average molecular weight is 366 g/mol. The van der Waals surface area contributed by atoms with Crippen LogP contribution in [-0.2, 0) is 4.79 Å². The molecule has 0 unspecified atom stereocenters. The quantitative estimate of drug-likeness (QED) is 0.681. The van der Waals surface area contributed by atoms with Crippen molar-refractivity contribution in [1.82, 2.24) is 19.7 Å². The lowest BCUT2D eigenvalue weighted by molar-refractivity contribution is -0.123. The molecule has 1 atom stereocenters. The summed E-state index contributed by atoms with van der Waals surface area (Å²) in [6.07, 6.45) is 3.70. The van der Waals surface area contributed by atoms with Gasteiger partial charge in [-0.1, -0.05) is 31.5 Å². The van der Waals surface area contributed by atoms with Crippen LogP contribution in [-0.4, -0.2) is 26.8 Å². The van der Waals surface area contributed by atoms with E-state index < -0.39 is 0 Å². The molecule has 1 aromatic carbocycles. The standard InChI is InChI=1S/C21H26N4O2/c1-5-6-12-22-20(26)16(4)24-14(2)18-13-23-25(17-10-8-7-9-11-17)21(27)19(18)15(24)3/h7-11,13,16H,5-6,12H2,1-4H3,(H,22,26)/t16-/m0/s1. The maximum atomic E-state index is 13.1. The summed E-state index contributed by atoms with van der Waals surface area (Å²) in [5.74, 6) is -0.0358. The van der Waals surface area contributed by atoms with Gasteiger partial charge in [0.05, 0.1) is 17.3 Å². The topological polar surface area (TPSA) is 68.9 Å². The van der Waals surface area contributed by atoms with Gasteiger partial charge in [0.15, 0.2) is 0 Å². The van der Waals surface area contributed by atoms with Crippen molar-refractivity contribution < 1.29 is 4.79 Å². The van der Waals surface area contributed by atoms with Gasteiger partial charge in [-0.2, -0.15) is 9.78 Å². The number of hydrogen-bond acceptors (Lipinski definition) is 3. The fourth-order valence-electron chi connectivity index (χ4n) is 3.57. The number of aromatic nitrogens is 3. The van der Waals surface area contributed by atoms with Crippen molar-refractivity contribution in [2.75, 3.05) is 6.54 Å². The van der Waals surface area contributed by atoms with Crippen LogP contribution in [0, 0.1) is 13.8 Å². The fourth-order valence-corrected chi connectivity index (χ4v) is 3.57. The summed E-state index contributed by atoms with van der Waals surface area (Å²) >= 11 is 0. The first-order chi connectivity index (χ1) is 13.0. The molecular weight excluding hydrogens is 340 g/mol. The maximum absolute atomic E-state index is 13.1. The van der Waals surface area contributed by atoms with Gasteiger partial charge >= 0.3 is 0 Å². The van der Waals surface area contributed by atoms with E-state index >= 15 is 0 Å². The van der Waals surface area contributed by atoms with E-state index in [0.717, 1.165) is 35.3 Å². The summed E-state index contributed by atoms with van der Waals surface area (Å²) in [6.45, 7) is 8.44. The van der Waals surface area contributed by atoms with Crippen molar-refractivity contribution in [1.29, 1.82) is 0 Å². The molecule has 6 nitrogen and oxygen atoms in total. The molecule has 0 saturated heterocycles. The van der Waals surface area contributed by atoms with E-state index in [1.807, 2.05) is 55.7 Å². The Bertz CT molecular complexity index is 1020. The van der Waals surface area contributed by atoms with E-state index in [1.165, 1.54) is 4.68 Å². The highest BCUT2D eigenvalue weighted by atomic mass is 16.2. The molecular formula is C21H26N4O2. The summed E-state index contributed by atoms with van der Waals surface area (Å²) in [4.78, 5) is 25.6. The molecule has 27 heavy (non-hydrogen) atoms. The average Bonchev–Trinajstić information content (AvgIpc) is 2.93. The summed E-state index contributed by atoms with van der Waals surface area (Å²) in [5.41, 5.74) is 2.22. The van der Waals surface area contributed by atoms with Crippen molar-refractivity contribution in [2.45, 2.75) is 46.6 Å². The first-order valence-corrected chi connectivity index (χ1v) is 9.40. The Balaban J connectivity index is 2.07. The van der Waals surface area contributed by atoms with Gasteiger partial charge in [0, 0.05) is 23.3 Å². The Morgan fingerprint density at radius 1 is 1.19 bits per heavy atom. The highest BCUT2D eigenvalue weighted by Gasteiger charge is 2.23. The highest BCUT2D eigenvalue weighted by molar-refractivity contribution is 5.89. The van der Waals surface area contributed by atoms with E-state index in [9.17, 15) is 9.59 Å². The third-order valence-electron chi connectivity index (χ3n) is 5.05. The predicted octanol–water partition coefficient (Wildman–Crippen LogP) is 3.28. The van der Waals surface area contributed by atoms with Gasteiger partial charge < -0.3 is 9.88 Å². The van der Waals surface area contributed by atoms with Crippen LogP contribution in [0.4, 0.5) is 0 Å². The summed E-state index contributed by atoms with van der Waals surface area (Å²) in [6, 6.07) is 8.96. The number of para-hydroxylation sites is 1. The Labute approximate surface area is 158 Å². The Morgan fingerprint density at radius 2 is 1.89 bits per heavy atom. The molecule has 0 aliphatic carbocycles. The second kappa shape index (κ2) is 7.78. The SMILES string of the molecule is CCCCNC(=O)[C@H](C)n1c(C)c2cnn(-c3ccccc3)c(=O)c2c1C. The number of hydrogen-bond donors (Lipinski definition) is 1. The molecule has 142 valence electrons. The van der Waals surface area contributed by atoms with Gasteiger partial charge in [-0.25, -0.2) is 0 Å². The molecule has 0 fully saturated rings. The number of carbonyl (C=O) groups is 1. The molecule has 3 aromatic rings. The smallest absolute Gasteiger partial charge is 0.281 e. The lowest BCUT2D eigenvalue weighted by Gasteiger charge is -2.18. The molecule has 1 amide bonds. The minimum atomic E-state index is -0.390. The lowest BCUT2D eigenvalue weighted by Crippen LogP contribution is -2.32. The molecule has 2 aromatic heterocycles. The number of unbranched alkanes of at least 4 members (excludes halogenated alkanes) is 1. The zero-order valence-electron chi connectivity index (χ0n) is 16.3. The summed E-state index contributed by atoms with van der Waals surface area (Å²) in [7, 11) is 0. The second-order valence-corrected chi connectivity index (χ2v) is 6.85. The summed E-state index contributed by atoms with van der Waals surface area (Å²) < 4.78 is 3.34. The van der Waals surface area contributed by atoms with Crippen LogP contribution < -0.4 is 10.9 Å². The van der Waals surface area contributed by atoms with Gasteiger partial charge in [-0.3, -0.25) is 9.59 Å². The minimum Gasteiger partial charge on any atom is -0.354 e. The van der Waals surface area contributed by atoms with Gasteiger partial charge in [-0.15, -0.1) is 0 Å². The Kier molecular flexibility index (Phi) is 5.44. The van der Waals surface area contributed by atoms with E-state index in [1.54, 1.807) is 6.20 Å². The molecule has 3 rings (SSSR count). The number of fused-ring (bicyclic) bond motifs is 1. The minimum absolute atomic E-state index is 0.0358. The van der Waals surface area contributed by atoms with E-state index in [0.29, 0.717) is 11.9 Å². The molecule has 1 N–H and O–H groups in total. The van der Waals surface area contributed by atoms with E-state index in [2.05, 4.69) is 17.3 Å².